The summed E-state index contributed by atoms with van der Waals surface area (Å²) in [6, 6.07) is 1.89. The average molecular weight is 245 g/mol. The van der Waals surface area contributed by atoms with E-state index in [9.17, 15) is 4.39 Å². The minimum absolute atomic E-state index is 0.178. The van der Waals surface area contributed by atoms with Crippen molar-refractivity contribution in [3.63, 3.8) is 0 Å². The second kappa shape index (κ2) is 6.04. The zero-order valence-electron chi connectivity index (χ0n) is 10.0. The lowest BCUT2D eigenvalue weighted by Gasteiger charge is -2.26. The molecule has 0 radical (unpaired) electrons. The molecule has 0 N–H and O–H groups in total. The van der Waals surface area contributed by atoms with Crippen LogP contribution in [-0.2, 0) is 5.88 Å². The van der Waals surface area contributed by atoms with Gasteiger partial charge in [0.2, 0.25) is 0 Å². The van der Waals surface area contributed by atoms with Crippen LogP contribution in [0.2, 0.25) is 0 Å². The number of anilines is 1. The molecule has 0 aliphatic heterocycles. The van der Waals surface area contributed by atoms with E-state index in [1.807, 2.05) is 11.9 Å². The second-order valence-corrected chi connectivity index (χ2v) is 4.26. The number of hydrogen-bond donors (Lipinski definition) is 0. The van der Waals surface area contributed by atoms with Crippen molar-refractivity contribution in [2.75, 3.05) is 11.9 Å². The van der Waals surface area contributed by atoms with Crippen molar-refractivity contribution in [3.05, 3.63) is 23.6 Å². The third-order valence-electron chi connectivity index (χ3n) is 2.80. The SMILES string of the molecule is CCCC(C)N(C)c1nccc(CCl)c1F. The van der Waals surface area contributed by atoms with Gasteiger partial charge in [0.05, 0.1) is 5.88 Å². The molecule has 90 valence electrons. The number of halogens is 2. The molecule has 1 aromatic heterocycles. The molecule has 0 aliphatic carbocycles. The van der Waals surface area contributed by atoms with Gasteiger partial charge < -0.3 is 4.90 Å². The van der Waals surface area contributed by atoms with E-state index in [1.54, 1.807) is 12.3 Å². The lowest BCUT2D eigenvalue weighted by atomic mass is 10.1. The quantitative estimate of drug-likeness (QED) is 0.736. The number of pyridine rings is 1. The Labute approximate surface area is 101 Å². The minimum Gasteiger partial charge on any atom is -0.355 e. The van der Waals surface area contributed by atoms with Crippen molar-refractivity contribution >= 4 is 17.4 Å². The van der Waals surface area contributed by atoms with Crippen molar-refractivity contribution in [1.29, 1.82) is 0 Å². The van der Waals surface area contributed by atoms with E-state index < -0.39 is 0 Å². The van der Waals surface area contributed by atoms with Gasteiger partial charge in [0, 0.05) is 24.8 Å². The van der Waals surface area contributed by atoms with Gasteiger partial charge >= 0.3 is 0 Å². The zero-order chi connectivity index (χ0) is 12.1. The van der Waals surface area contributed by atoms with Crippen LogP contribution in [0.3, 0.4) is 0 Å². The Kier molecular flexibility index (Phi) is 5.00. The number of alkyl halides is 1. The summed E-state index contributed by atoms with van der Waals surface area (Å²) in [6.07, 6.45) is 3.69. The van der Waals surface area contributed by atoms with Crippen molar-refractivity contribution in [2.45, 2.75) is 38.6 Å². The molecule has 0 aromatic carbocycles. The van der Waals surface area contributed by atoms with Gasteiger partial charge in [-0.25, -0.2) is 9.37 Å². The maximum atomic E-state index is 13.9. The summed E-state index contributed by atoms with van der Waals surface area (Å²) in [5.41, 5.74) is 0.502. The molecule has 0 bridgehead atoms. The van der Waals surface area contributed by atoms with Crippen molar-refractivity contribution in [1.82, 2.24) is 4.98 Å². The highest BCUT2D eigenvalue weighted by atomic mass is 35.5. The summed E-state index contributed by atoms with van der Waals surface area (Å²) in [5.74, 6) is 0.263. The molecule has 2 nitrogen and oxygen atoms in total. The van der Waals surface area contributed by atoms with E-state index in [4.69, 9.17) is 11.6 Å². The lowest BCUT2D eigenvalue weighted by Crippen LogP contribution is -2.30. The van der Waals surface area contributed by atoms with Gasteiger partial charge in [-0.05, 0) is 19.4 Å². The molecule has 1 heterocycles. The fourth-order valence-electron chi connectivity index (χ4n) is 1.64. The molecule has 0 saturated carbocycles. The number of hydrogen-bond acceptors (Lipinski definition) is 2. The highest BCUT2D eigenvalue weighted by Crippen LogP contribution is 2.22. The summed E-state index contributed by atoms with van der Waals surface area (Å²) in [5, 5.41) is 0. The molecule has 16 heavy (non-hydrogen) atoms. The molecule has 1 aromatic rings. The third-order valence-corrected chi connectivity index (χ3v) is 3.08. The normalized spacial score (nSPS) is 12.6. The maximum absolute atomic E-state index is 13.9. The number of aromatic nitrogens is 1. The van der Waals surface area contributed by atoms with Gasteiger partial charge in [0.25, 0.3) is 0 Å². The van der Waals surface area contributed by atoms with Crippen molar-refractivity contribution in [2.24, 2.45) is 0 Å². The van der Waals surface area contributed by atoms with Crippen molar-refractivity contribution in [3.8, 4) is 0 Å². The van der Waals surface area contributed by atoms with Crippen LogP contribution >= 0.6 is 11.6 Å². The summed E-state index contributed by atoms with van der Waals surface area (Å²) in [4.78, 5) is 5.95. The van der Waals surface area contributed by atoms with Crippen LogP contribution in [0, 0.1) is 5.82 Å². The van der Waals surface area contributed by atoms with E-state index in [-0.39, 0.29) is 17.7 Å². The highest BCUT2D eigenvalue weighted by molar-refractivity contribution is 6.17. The fraction of sp³-hybridized carbons (Fsp3) is 0.583. The second-order valence-electron chi connectivity index (χ2n) is 3.99. The molecule has 4 heteroatoms. The monoisotopic (exact) mass is 244 g/mol. The first-order valence-electron chi connectivity index (χ1n) is 5.54. The number of rotatable bonds is 5. The van der Waals surface area contributed by atoms with Crippen LogP contribution in [0.4, 0.5) is 10.2 Å². The minimum atomic E-state index is -0.303. The Morgan fingerprint density at radius 2 is 2.25 bits per heavy atom. The molecule has 1 rings (SSSR count). The predicted octanol–water partition coefficient (Wildman–Crippen LogP) is 3.58. The molecule has 1 unspecified atom stereocenters. The average Bonchev–Trinajstić information content (AvgIpc) is 2.29. The van der Waals surface area contributed by atoms with E-state index in [1.165, 1.54) is 0 Å². The fourth-order valence-corrected chi connectivity index (χ4v) is 1.85. The van der Waals surface area contributed by atoms with Crippen LogP contribution in [0.25, 0.3) is 0 Å². The molecule has 0 spiro atoms. The van der Waals surface area contributed by atoms with Gasteiger partial charge in [-0.15, -0.1) is 11.6 Å². The molecule has 1 atom stereocenters. The summed E-state index contributed by atoms with van der Waals surface area (Å²) < 4.78 is 13.9. The van der Waals surface area contributed by atoms with E-state index in [0.29, 0.717) is 11.4 Å². The Morgan fingerprint density at radius 3 is 2.81 bits per heavy atom. The van der Waals surface area contributed by atoms with Crippen LogP contribution in [0.5, 0.6) is 0 Å². The predicted molar refractivity (Wildman–Crippen MR) is 66.5 cm³/mol. The first-order valence-corrected chi connectivity index (χ1v) is 6.07. The number of nitrogens with zero attached hydrogens (tertiary/aromatic N) is 2. The summed E-state index contributed by atoms with van der Waals surface area (Å²) in [6.45, 7) is 4.18. The summed E-state index contributed by atoms with van der Waals surface area (Å²) >= 11 is 5.66. The maximum Gasteiger partial charge on any atom is 0.170 e. The Morgan fingerprint density at radius 1 is 1.56 bits per heavy atom. The Bertz CT molecular complexity index is 344. The molecule has 0 fully saturated rings. The Hall–Kier alpha value is -0.830. The smallest absolute Gasteiger partial charge is 0.170 e. The van der Waals surface area contributed by atoms with E-state index >= 15 is 0 Å². The van der Waals surface area contributed by atoms with Gasteiger partial charge in [-0.2, -0.15) is 0 Å². The standard InChI is InChI=1S/C12H18ClFN2/c1-4-5-9(2)16(3)12-11(14)10(8-13)6-7-15-12/h6-7,9H,4-5,8H2,1-3H3. The van der Waals surface area contributed by atoms with Gasteiger partial charge in [-0.1, -0.05) is 13.3 Å². The molecule has 0 aliphatic rings. The lowest BCUT2D eigenvalue weighted by molar-refractivity contribution is 0.568. The van der Waals surface area contributed by atoms with Crippen LogP contribution in [-0.4, -0.2) is 18.1 Å². The molecular weight excluding hydrogens is 227 g/mol. The third kappa shape index (κ3) is 2.85. The van der Waals surface area contributed by atoms with Crippen LogP contribution in [0.15, 0.2) is 12.3 Å². The molecule has 0 amide bonds. The first-order chi connectivity index (χ1) is 7.61. The van der Waals surface area contributed by atoms with Gasteiger partial charge in [0.1, 0.15) is 0 Å². The van der Waals surface area contributed by atoms with E-state index in [2.05, 4.69) is 18.8 Å². The summed E-state index contributed by atoms with van der Waals surface area (Å²) in [7, 11) is 1.86. The van der Waals surface area contributed by atoms with Crippen LogP contribution < -0.4 is 4.90 Å². The molecule has 0 saturated heterocycles. The highest BCUT2D eigenvalue weighted by Gasteiger charge is 2.16. The van der Waals surface area contributed by atoms with E-state index in [0.717, 1.165) is 12.8 Å². The van der Waals surface area contributed by atoms with Crippen molar-refractivity contribution < 1.29 is 4.39 Å². The molecular formula is C12H18ClFN2. The first kappa shape index (κ1) is 13.2. The van der Waals surface area contributed by atoms with Gasteiger partial charge in [-0.3, -0.25) is 0 Å². The zero-order valence-corrected chi connectivity index (χ0v) is 10.8. The van der Waals surface area contributed by atoms with Crippen LogP contribution in [0.1, 0.15) is 32.3 Å². The van der Waals surface area contributed by atoms with Gasteiger partial charge in [0.15, 0.2) is 11.6 Å². The largest absolute Gasteiger partial charge is 0.355 e. The Balaban J connectivity index is 2.94. The topological polar surface area (TPSA) is 16.1 Å².